The lowest BCUT2D eigenvalue weighted by molar-refractivity contribution is 0.250. The van der Waals surface area contributed by atoms with Crippen molar-refractivity contribution in [2.24, 2.45) is 0 Å². The minimum atomic E-state index is 0.697. The Morgan fingerprint density at radius 3 is 3.12 bits per heavy atom. The third-order valence-corrected chi connectivity index (χ3v) is 4.59. The fourth-order valence-electron chi connectivity index (χ4n) is 2.71. The number of fused-ring (bicyclic) bond motifs is 2. The molecule has 2 unspecified atom stereocenters. The van der Waals surface area contributed by atoms with E-state index < -0.39 is 0 Å². The summed E-state index contributed by atoms with van der Waals surface area (Å²) in [5.41, 5.74) is 0. The maximum atomic E-state index is 5.90. The van der Waals surface area contributed by atoms with Crippen molar-refractivity contribution in [1.82, 2.24) is 15.2 Å². The van der Waals surface area contributed by atoms with Gasteiger partial charge in [-0.2, -0.15) is 0 Å². The third-order valence-electron chi connectivity index (χ3n) is 3.49. The lowest BCUT2D eigenvalue weighted by Gasteiger charge is -2.22. The molecule has 1 aromatic heterocycles. The molecule has 0 amide bonds. The Labute approximate surface area is 105 Å². The van der Waals surface area contributed by atoms with Crippen molar-refractivity contribution in [3.05, 3.63) is 15.5 Å². The first-order valence-electron chi connectivity index (χ1n) is 5.88. The van der Waals surface area contributed by atoms with Gasteiger partial charge >= 0.3 is 0 Å². The minimum absolute atomic E-state index is 0.697. The predicted molar refractivity (Wildman–Crippen MR) is 67.0 cm³/mol. The van der Waals surface area contributed by atoms with Crippen LogP contribution in [0.25, 0.3) is 0 Å². The fourth-order valence-corrected chi connectivity index (χ4v) is 3.71. The van der Waals surface area contributed by atoms with Gasteiger partial charge in [-0.15, -0.1) is 11.3 Å². The van der Waals surface area contributed by atoms with E-state index in [9.17, 15) is 0 Å². The van der Waals surface area contributed by atoms with Gasteiger partial charge in [-0.25, -0.2) is 4.98 Å². The maximum absolute atomic E-state index is 5.90. The van der Waals surface area contributed by atoms with Crippen LogP contribution in [-0.4, -0.2) is 35.1 Å². The van der Waals surface area contributed by atoms with Gasteiger partial charge in [0.25, 0.3) is 0 Å². The number of halogens is 1. The van der Waals surface area contributed by atoms with Gasteiger partial charge in [0.05, 0.1) is 12.7 Å². The van der Waals surface area contributed by atoms with Crippen LogP contribution in [0.4, 0.5) is 0 Å². The normalized spacial score (nSPS) is 30.6. The Morgan fingerprint density at radius 2 is 2.31 bits per heavy atom. The molecule has 2 saturated heterocycles. The highest BCUT2D eigenvalue weighted by molar-refractivity contribution is 7.15. The summed E-state index contributed by atoms with van der Waals surface area (Å²) in [5, 5.41) is 4.83. The Morgan fingerprint density at radius 1 is 1.44 bits per heavy atom. The van der Waals surface area contributed by atoms with Gasteiger partial charge in [0.1, 0.15) is 9.34 Å². The van der Waals surface area contributed by atoms with Gasteiger partial charge in [0, 0.05) is 25.2 Å². The van der Waals surface area contributed by atoms with E-state index in [2.05, 4.69) is 15.2 Å². The highest BCUT2D eigenvalue weighted by atomic mass is 35.5. The Bertz CT molecular complexity index is 368. The molecule has 3 rings (SSSR count). The molecule has 5 heteroatoms. The van der Waals surface area contributed by atoms with Crippen LogP contribution >= 0.6 is 22.9 Å². The van der Waals surface area contributed by atoms with E-state index in [-0.39, 0.29) is 0 Å². The first kappa shape index (κ1) is 11.0. The predicted octanol–water partition coefficient (Wildman–Crippen LogP) is 2.12. The summed E-state index contributed by atoms with van der Waals surface area (Å²) in [6, 6.07) is 1.46. The number of likely N-dealkylation sites (tertiary alicyclic amines) is 1. The van der Waals surface area contributed by atoms with E-state index in [1.807, 2.05) is 0 Å². The van der Waals surface area contributed by atoms with Crippen molar-refractivity contribution in [2.45, 2.75) is 37.9 Å². The van der Waals surface area contributed by atoms with Crippen molar-refractivity contribution < 1.29 is 0 Å². The fraction of sp³-hybridized carbons (Fsp3) is 0.727. The molecule has 2 fully saturated rings. The zero-order chi connectivity index (χ0) is 11.0. The van der Waals surface area contributed by atoms with E-state index in [4.69, 9.17) is 11.6 Å². The first-order chi connectivity index (χ1) is 7.79. The van der Waals surface area contributed by atoms with E-state index >= 15 is 0 Å². The molecule has 0 aromatic carbocycles. The minimum Gasteiger partial charge on any atom is -0.310 e. The molecule has 0 aliphatic carbocycles. The van der Waals surface area contributed by atoms with Gasteiger partial charge in [-0.05, 0) is 19.3 Å². The van der Waals surface area contributed by atoms with Crippen LogP contribution in [0.2, 0.25) is 4.34 Å². The van der Waals surface area contributed by atoms with Crippen LogP contribution in [0.1, 0.15) is 24.3 Å². The maximum Gasteiger partial charge on any atom is 0.113 e. The van der Waals surface area contributed by atoms with Crippen LogP contribution in [0.5, 0.6) is 0 Å². The average Bonchev–Trinajstić information content (AvgIpc) is 2.77. The first-order valence-corrected chi connectivity index (χ1v) is 7.07. The molecule has 3 nitrogen and oxygen atoms in total. The number of hydrogen-bond acceptors (Lipinski definition) is 4. The lowest BCUT2D eigenvalue weighted by atomic mass is 10.1. The molecular weight excluding hydrogens is 242 g/mol. The standard InChI is InChI=1S/C11H16ClN3S/c12-10-5-13-11(16-10)7-15-4-3-8-1-2-9(6-15)14-8/h5,8-9,14H,1-4,6-7H2. The summed E-state index contributed by atoms with van der Waals surface area (Å²) in [6.07, 6.45) is 5.72. The van der Waals surface area contributed by atoms with Crippen LogP contribution in [0, 0.1) is 0 Å². The summed E-state index contributed by atoms with van der Waals surface area (Å²) >= 11 is 7.50. The Hall–Kier alpha value is -0.160. The van der Waals surface area contributed by atoms with Crippen LogP contribution in [-0.2, 0) is 6.54 Å². The van der Waals surface area contributed by atoms with Crippen molar-refractivity contribution in [3.8, 4) is 0 Å². The topological polar surface area (TPSA) is 28.2 Å². The van der Waals surface area contributed by atoms with Gasteiger partial charge in [0.2, 0.25) is 0 Å². The molecule has 2 aliphatic rings. The van der Waals surface area contributed by atoms with E-state index in [1.165, 1.54) is 25.8 Å². The van der Waals surface area contributed by atoms with Gasteiger partial charge in [-0.3, -0.25) is 4.90 Å². The average molecular weight is 258 g/mol. The molecule has 2 atom stereocenters. The smallest absolute Gasteiger partial charge is 0.113 e. The van der Waals surface area contributed by atoms with Crippen molar-refractivity contribution >= 4 is 22.9 Å². The number of thiazole rings is 1. The van der Waals surface area contributed by atoms with Crippen molar-refractivity contribution in [2.75, 3.05) is 13.1 Å². The molecule has 16 heavy (non-hydrogen) atoms. The molecule has 2 aliphatic heterocycles. The zero-order valence-corrected chi connectivity index (χ0v) is 10.7. The summed E-state index contributed by atoms with van der Waals surface area (Å²) in [7, 11) is 0. The second-order valence-corrected chi connectivity index (χ2v) is 6.47. The van der Waals surface area contributed by atoms with E-state index in [1.54, 1.807) is 17.5 Å². The van der Waals surface area contributed by atoms with Crippen LogP contribution in [0.3, 0.4) is 0 Å². The van der Waals surface area contributed by atoms with Gasteiger partial charge < -0.3 is 5.32 Å². The summed E-state index contributed by atoms with van der Waals surface area (Å²) in [5.74, 6) is 0. The molecular formula is C11H16ClN3S. The van der Waals surface area contributed by atoms with Crippen LogP contribution in [0.15, 0.2) is 6.20 Å². The molecule has 2 bridgehead atoms. The number of nitrogens with one attached hydrogen (secondary N) is 1. The second-order valence-electron chi connectivity index (χ2n) is 4.72. The van der Waals surface area contributed by atoms with Gasteiger partial charge in [-0.1, -0.05) is 11.6 Å². The Kier molecular flexibility index (Phi) is 3.16. The molecule has 0 saturated carbocycles. The third kappa shape index (κ3) is 2.40. The number of hydrogen-bond donors (Lipinski definition) is 1. The van der Waals surface area contributed by atoms with Crippen LogP contribution < -0.4 is 5.32 Å². The summed E-state index contributed by atoms with van der Waals surface area (Å²) < 4.78 is 0.796. The molecule has 0 spiro atoms. The second kappa shape index (κ2) is 4.61. The molecule has 1 aromatic rings. The summed E-state index contributed by atoms with van der Waals surface area (Å²) in [6.45, 7) is 3.31. The van der Waals surface area contributed by atoms with Gasteiger partial charge in [0.15, 0.2) is 0 Å². The summed E-state index contributed by atoms with van der Waals surface area (Å²) in [4.78, 5) is 6.83. The highest BCUT2D eigenvalue weighted by Gasteiger charge is 2.29. The molecule has 3 heterocycles. The number of rotatable bonds is 2. The number of nitrogens with zero attached hydrogens (tertiary/aromatic N) is 2. The van der Waals surface area contributed by atoms with E-state index in [0.717, 1.165) is 28.5 Å². The zero-order valence-electron chi connectivity index (χ0n) is 9.16. The van der Waals surface area contributed by atoms with Crippen molar-refractivity contribution in [1.29, 1.82) is 0 Å². The molecule has 0 radical (unpaired) electrons. The Balaban J connectivity index is 1.63. The monoisotopic (exact) mass is 257 g/mol. The largest absolute Gasteiger partial charge is 0.310 e. The quantitative estimate of drug-likeness (QED) is 0.880. The van der Waals surface area contributed by atoms with Crippen molar-refractivity contribution in [3.63, 3.8) is 0 Å². The van der Waals surface area contributed by atoms with E-state index in [0.29, 0.717) is 6.04 Å². The molecule has 88 valence electrons. The lowest BCUT2D eigenvalue weighted by Crippen LogP contribution is -2.34. The SMILES string of the molecule is Clc1cnc(CN2CCC3CCC(C2)N3)s1. The highest BCUT2D eigenvalue weighted by Crippen LogP contribution is 2.24. The molecule has 1 N–H and O–H groups in total. The number of aromatic nitrogens is 1.